The quantitative estimate of drug-likeness (QED) is 0.708. The second kappa shape index (κ2) is 6.58. The van der Waals surface area contributed by atoms with Gasteiger partial charge in [0.05, 0.1) is 12.7 Å². The largest absolute Gasteiger partial charge is 0.374 e. The first kappa shape index (κ1) is 12.3. The van der Waals surface area contributed by atoms with E-state index in [4.69, 9.17) is 4.74 Å². The topological polar surface area (TPSA) is 15.7 Å². The van der Waals surface area contributed by atoms with Gasteiger partial charge < -0.3 is 9.64 Å². The molecule has 16 heavy (non-hydrogen) atoms. The molecule has 2 rings (SSSR count). The maximum absolute atomic E-state index is 5.87. The van der Waals surface area contributed by atoms with E-state index in [0.717, 1.165) is 26.2 Å². The highest BCUT2D eigenvalue weighted by Gasteiger charge is 2.23. The first-order valence-electron chi connectivity index (χ1n) is 6.95. The summed E-state index contributed by atoms with van der Waals surface area (Å²) in [6.07, 6.45) is 5.85. The lowest BCUT2D eigenvalue weighted by atomic mass is 10.2. The van der Waals surface area contributed by atoms with Crippen molar-refractivity contribution in [1.82, 2.24) is 9.80 Å². The second-order valence-electron chi connectivity index (χ2n) is 5.15. The van der Waals surface area contributed by atoms with Crippen molar-refractivity contribution in [3.63, 3.8) is 0 Å². The van der Waals surface area contributed by atoms with Crippen molar-refractivity contribution in [2.24, 2.45) is 0 Å². The number of hydrogen-bond acceptors (Lipinski definition) is 3. The summed E-state index contributed by atoms with van der Waals surface area (Å²) in [5.41, 5.74) is 0. The van der Waals surface area contributed by atoms with Crippen LogP contribution in [0.5, 0.6) is 0 Å². The number of rotatable bonds is 5. The summed E-state index contributed by atoms with van der Waals surface area (Å²) in [6, 6.07) is 0. The Morgan fingerprint density at radius 1 is 1.12 bits per heavy atom. The summed E-state index contributed by atoms with van der Waals surface area (Å²) >= 11 is 0. The van der Waals surface area contributed by atoms with E-state index in [2.05, 4.69) is 16.7 Å². The third-order valence-electron chi connectivity index (χ3n) is 3.71. The maximum Gasteiger partial charge on any atom is 0.0829 e. The van der Waals surface area contributed by atoms with Gasteiger partial charge in [-0.2, -0.15) is 0 Å². The molecule has 1 atom stereocenters. The van der Waals surface area contributed by atoms with E-state index in [9.17, 15) is 0 Å². The first-order chi connectivity index (χ1) is 7.88. The molecule has 2 fully saturated rings. The lowest BCUT2D eigenvalue weighted by Gasteiger charge is -2.34. The van der Waals surface area contributed by atoms with Crippen molar-refractivity contribution in [3.05, 3.63) is 0 Å². The Bertz CT molecular complexity index is 192. The molecule has 1 unspecified atom stereocenters. The molecule has 0 aromatic rings. The van der Waals surface area contributed by atoms with E-state index in [1.165, 1.54) is 45.3 Å². The average Bonchev–Trinajstić information content (AvgIpc) is 2.80. The molecule has 0 saturated carbocycles. The lowest BCUT2D eigenvalue weighted by Crippen LogP contribution is -2.47. The van der Waals surface area contributed by atoms with E-state index in [0.29, 0.717) is 6.10 Å². The average molecular weight is 226 g/mol. The molecular weight excluding hydrogens is 200 g/mol. The minimum atomic E-state index is 0.462. The lowest BCUT2D eigenvalue weighted by molar-refractivity contribution is -0.0409. The van der Waals surface area contributed by atoms with Gasteiger partial charge in [-0.05, 0) is 38.9 Å². The Balaban J connectivity index is 1.68. The summed E-state index contributed by atoms with van der Waals surface area (Å²) in [6.45, 7) is 10.5. The molecule has 2 aliphatic heterocycles. The van der Waals surface area contributed by atoms with Gasteiger partial charge in [0.1, 0.15) is 0 Å². The van der Waals surface area contributed by atoms with Crippen LogP contribution in [0, 0.1) is 0 Å². The third kappa shape index (κ3) is 3.72. The van der Waals surface area contributed by atoms with Gasteiger partial charge in [-0.3, -0.25) is 4.90 Å². The monoisotopic (exact) mass is 226 g/mol. The van der Waals surface area contributed by atoms with E-state index in [-0.39, 0.29) is 0 Å². The Hall–Kier alpha value is -0.120. The first-order valence-corrected chi connectivity index (χ1v) is 6.95. The summed E-state index contributed by atoms with van der Waals surface area (Å²) in [5.74, 6) is 0. The number of morpholine rings is 1. The number of unbranched alkanes of at least 4 members (excludes halogenated alkanes) is 1. The van der Waals surface area contributed by atoms with Crippen LogP contribution in [-0.2, 0) is 4.74 Å². The van der Waals surface area contributed by atoms with E-state index < -0.39 is 0 Å². The van der Waals surface area contributed by atoms with Gasteiger partial charge >= 0.3 is 0 Å². The van der Waals surface area contributed by atoms with Crippen LogP contribution in [0.2, 0.25) is 0 Å². The number of nitrogens with zero attached hydrogens (tertiary/aromatic N) is 2. The van der Waals surface area contributed by atoms with Crippen LogP contribution < -0.4 is 0 Å². The molecule has 0 aromatic heterocycles. The van der Waals surface area contributed by atoms with Crippen molar-refractivity contribution >= 4 is 0 Å². The summed E-state index contributed by atoms with van der Waals surface area (Å²) < 4.78 is 5.87. The molecule has 2 aliphatic rings. The molecule has 2 heterocycles. The van der Waals surface area contributed by atoms with Gasteiger partial charge in [0.25, 0.3) is 0 Å². The summed E-state index contributed by atoms with van der Waals surface area (Å²) in [4.78, 5) is 5.14. The highest BCUT2D eigenvalue weighted by molar-refractivity contribution is 4.77. The van der Waals surface area contributed by atoms with Gasteiger partial charge in [0, 0.05) is 19.6 Å². The fourth-order valence-corrected chi connectivity index (χ4v) is 2.73. The molecule has 94 valence electrons. The van der Waals surface area contributed by atoms with Gasteiger partial charge in [-0.25, -0.2) is 0 Å². The Morgan fingerprint density at radius 2 is 1.94 bits per heavy atom. The fraction of sp³-hybridized carbons (Fsp3) is 1.00. The fourth-order valence-electron chi connectivity index (χ4n) is 2.73. The normalized spacial score (nSPS) is 28.7. The van der Waals surface area contributed by atoms with Crippen LogP contribution in [0.3, 0.4) is 0 Å². The van der Waals surface area contributed by atoms with E-state index in [1.807, 2.05) is 0 Å². The van der Waals surface area contributed by atoms with Gasteiger partial charge in [0.15, 0.2) is 0 Å². The molecule has 0 amide bonds. The highest BCUT2D eigenvalue weighted by atomic mass is 16.5. The standard InChI is InChI=1S/C13H26N2O/c1-2-3-6-15-9-10-16-13(12-15)11-14-7-4-5-8-14/h13H,2-12H2,1H3. The molecule has 0 bridgehead atoms. The van der Waals surface area contributed by atoms with E-state index in [1.54, 1.807) is 0 Å². The second-order valence-corrected chi connectivity index (χ2v) is 5.15. The summed E-state index contributed by atoms with van der Waals surface area (Å²) in [7, 11) is 0. The molecular formula is C13H26N2O. The molecule has 0 N–H and O–H groups in total. The molecule has 0 aromatic carbocycles. The minimum absolute atomic E-state index is 0.462. The smallest absolute Gasteiger partial charge is 0.0829 e. The van der Waals surface area contributed by atoms with Crippen molar-refractivity contribution in [2.75, 3.05) is 45.9 Å². The Kier molecular flexibility index (Phi) is 5.07. The highest BCUT2D eigenvalue weighted by Crippen LogP contribution is 2.12. The predicted molar refractivity (Wildman–Crippen MR) is 66.8 cm³/mol. The van der Waals surface area contributed by atoms with Crippen LogP contribution >= 0.6 is 0 Å². The van der Waals surface area contributed by atoms with Crippen LogP contribution in [0.1, 0.15) is 32.6 Å². The molecule has 3 nitrogen and oxygen atoms in total. The van der Waals surface area contributed by atoms with Crippen LogP contribution in [-0.4, -0.2) is 61.8 Å². The number of hydrogen-bond donors (Lipinski definition) is 0. The predicted octanol–water partition coefficient (Wildman–Crippen LogP) is 1.58. The maximum atomic E-state index is 5.87. The number of ether oxygens (including phenoxy) is 1. The van der Waals surface area contributed by atoms with Gasteiger partial charge in [0.2, 0.25) is 0 Å². The van der Waals surface area contributed by atoms with Crippen LogP contribution in [0.15, 0.2) is 0 Å². The molecule has 0 aliphatic carbocycles. The van der Waals surface area contributed by atoms with Crippen molar-refractivity contribution in [3.8, 4) is 0 Å². The van der Waals surface area contributed by atoms with Crippen molar-refractivity contribution in [2.45, 2.75) is 38.7 Å². The van der Waals surface area contributed by atoms with Crippen LogP contribution in [0.4, 0.5) is 0 Å². The number of likely N-dealkylation sites (tertiary alicyclic amines) is 1. The Morgan fingerprint density at radius 3 is 2.69 bits per heavy atom. The SMILES string of the molecule is CCCCN1CCOC(CN2CCCC2)C1. The molecule has 2 saturated heterocycles. The molecule has 0 spiro atoms. The van der Waals surface area contributed by atoms with Gasteiger partial charge in [-0.15, -0.1) is 0 Å². The third-order valence-corrected chi connectivity index (χ3v) is 3.71. The zero-order valence-corrected chi connectivity index (χ0v) is 10.7. The van der Waals surface area contributed by atoms with Gasteiger partial charge in [-0.1, -0.05) is 13.3 Å². The molecule has 0 radical (unpaired) electrons. The minimum Gasteiger partial charge on any atom is -0.374 e. The Labute approximate surface area is 99.7 Å². The summed E-state index contributed by atoms with van der Waals surface area (Å²) in [5, 5.41) is 0. The van der Waals surface area contributed by atoms with Crippen molar-refractivity contribution < 1.29 is 4.74 Å². The zero-order valence-electron chi connectivity index (χ0n) is 10.7. The van der Waals surface area contributed by atoms with E-state index >= 15 is 0 Å². The van der Waals surface area contributed by atoms with Crippen molar-refractivity contribution in [1.29, 1.82) is 0 Å². The zero-order chi connectivity index (χ0) is 11.2. The van der Waals surface area contributed by atoms with Crippen LogP contribution in [0.25, 0.3) is 0 Å². The molecule has 3 heteroatoms.